The average Bonchev–Trinajstić information content (AvgIpc) is 1.94. The minimum absolute atomic E-state index is 0.145. The Kier molecular flexibility index (Phi) is 2.71. The van der Waals surface area contributed by atoms with Crippen LogP contribution >= 0.6 is 0 Å². The highest BCUT2D eigenvalue weighted by Gasteiger charge is 2.46. The lowest BCUT2D eigenvalue weighted by Gasteiger charge is -2.36. The van der Waals surface area contributed by atoms with Crippen LogP contribution in [0.15, 0.2) is 0 Å². The third-order valence-electron chi connectivity index (χ3n) is 2.74. The third-order valence-corrected chi connectivity index (χ3v) is 2.74. The van der Waals surface area contributed by atoms with Gasteiger partial charge >= 0.3 is 0 Å². The highest BCUT2D eigenvalue weighted by Crippen LogP contribution is 2.39. The van der Waals surface area contributed by atoms with E-state index >= 15 is 0 Å². The van der Waals surface area contributed by atoms with E-state index in [2.05, 4.69) is 0 Å². The van der Waals surface area contributed by atoms with Gasteiger partial charge in [-0.25, -0.2) is 8.78 Å². The van der Waals surface area contributed by atoms with E-state index in [1.807, 2.05) is 13.8 Å². The Bertz CT molecular complexity index is 157. The van der Waals surface area contributed by atoms with Crippen LogP contribution in [0.1, 0.15) is 33.1 Å². The standard InChI is InChI=1S/C9H16F2O/c1-6(2)7-4-3-5-9(10,11)8(7)12/h6-8,12H,3-5H2,1-2H3/t7-,8-/m1/s1. The molecule has 1 saturated carbocycles. The van der Waals surface area contributed by atoms with E-state index in [4.69, 9.17) is 0 Å². The molecule has 2 atom stereocenters. The molecular formula is C9H16F2O. The van der Waals surface area contributed by atoms with Gasteiger partial charge in [0.05, 0.1) is 0 Å². The van der Waals surface area contributed by atoms with Crippen LogP contribution in [0.2, 0.25) is 0 Å². The molecule has 1 N–H and O–H groups in total. The van der Waals surface area contributed by atoms with Gasteiger partial charge in [0.1, 0.15) is 6.10 Å². The normalized spacial score (nSPS) is 35.5. The van der Waals surface area contributed by atoms with E-state index in [1.165, 1.54) is 0 Å². The first-order chi connectivity index (χ1) is 5.45. The summed E-state index contributed by atoms with van der Waals surface area (Å²) in [6.45, 7) is 3.77. The molecule has 0 amide bonds. The van der Waals surface area contributed by atoms with Gasteiger partial charge in [-0.15, -0.1) is 0 Å². The largest absolute Gasteiger partial charge is 0.387 e. The minimum Gasteiger partial charge on any atom is -0.387 e. The van der Waals surface area contributed by atoms with Gasteiger partial charge in [-0.1, -0.05) is 13.8 Å². The van der Waals surface area contributed by atoms with Gasteiger partial charge in [-0.05, 0) is 24.7 Å². The van der Waals surface area contributed by atoms with Crippen molar-refractivity contribution >= 4 is 0 Å². The second-order valence-corrected chi connectivity index (χ2v) is 4.01. The number of halogens is 2. The van der Waals surface area contributed by atoms with Gasteiger partial charge in [0, 0.05) is 6.42 Å². The van der Waals surface area contributed by atoms with Crippen molar-refractivity contribution in [2.24, 2.45) is 11.8 Å². The van der Waals surface area contributed by atoms with Crippen molar-refractivity contribution < 1.29 is 13.9 Å². The maximum Gasteiger partial charge on any atom is 0.273 e. The van der Waals surface area contributed by atoms with Gasteiger partial charge in [-0.3, -0.25) is 0 Å². The van der Waals surface area contributed by atoms with Gasteiger partial charge in [-0.2, -0.15) is 0 Å². The maximum atomic E-state index is 13.0. The zero-order valence-electron chi connectivity index (χ0n) is 7.56. The molecule has 0 radical (unpaired) electrons. The summed E-state index contributed by atoms with van der Waals surface area (Å²) in [6.07, 6.45) is -0.315. The van der Waals surface area contributed by atoms with Crippen LogP contribution in [0.4, 0.5) is 8.78 Å². The van der Waals surface area contributed by atoms with Gasteiger partial charge in [0.2, 0.25) is 0 Å². The molecule has 3 heteroatoms. The molecule has 1 nitrogen and oxygen atoms in total. The lowest BCUT2D eigenvalue weighted by molar-refractivity contribution is -0.162. The first kappa shape index (κ1) is 9.90. The van der Waals surface area contributed by atoms with E-state index in [0.29, 0.717) is 6.42 Å². The number of hydrogen-bond acceptors (Lipinski definition) is 1. The van der Waals surface area contributed by atoms with Crippen molar-refractivity contribution in [2.75, 3.05) is 0 Å². The summed E-state index contributed by atoms with van der Waals surface area (Å²) >= 11 is 0. The fourth-order valence-corrected chi connectivity index (χ4v) is 1.89. The molecular weight excluding hydrogens is 162 g/mol. The Morgan fingerprint density at radius 3 is 2.42 bits per heavy atom. The zero-order chi connectivity index (χ0) is 9.35. The Balaban J connectivity index is 2.66. The van der Waals surface area contributed by atoms with Crippen LogP contribution in [0.25, 0.3) is 0 Å². The molecule has 0 aromatic carbocycles. The SMILES string of the molecule is CC(C)[C@H]1CCCC(F)(F)[C@@H]1O. The van der Waals surface area contributed by atoms with Crippen LogP contribution in [0.3, 0.4) is 0 Å². The van der Waals surface area contributed by atoms with E-state index in [-0.39, 0.29) is 18.3 Å². The van der Waals surface area contributed by atoms with Crippen molar-refractivity contribution in [1.82, 2.24) is 0 Å². The minimum atomic E-state index is -2.85. The highest BCUT2D eigenvalue weighted by molar-refractivity contribution is 4.88. The molecule has 0 unspecified atom stereocenters. The van der Waals surface area contributed by atoms with E-state index in [9.17, 15) is 13.9 Å². The van der Waals surface area contributed by atoms with Crippen molar-refractivity contribution in [3.8, 4) is 0 Å². The third kappa shape index (κ3) is 1.76. The first-order valence-corrected chi connectivity index (χ1v) is 4.51. The molecule has 0 spiro atoms. The van der Waals surface area contributed by atoms with E-state index < -0.39 is 12.0 Å². The number of aliphatic hydroxyl groups is 1. The highest BCUT2D eigenvalue weighted by atomic mass is 19.3. The molecule has 0 aromatic rings. The lowest BCUT2D eigenvalue weighted by Crippen LogP contribution is -2.44. The molecule has 0 heterocycles. The summed E-state index contributed by atoms with van der Waals surface area (Å²) in [7, 11) is 0. The first-order valence-electron chi connectivity index (χ1n) is 4.51. The fourth-order valence-electron chi connectivity index (χ4n) is 1.89. The summed E-state index contributed by atoms with van der Waals surface area (Å²) in [5.41, 5.74) is 0. The Morgan fingerprint density at radius 2 is 2.00 bits per heavy atom. The van der Waals surface area contributed by atoms with Crippen molar-refractivity contribution in [1.29, 1.82) is 0 Å². The Morgan fingerprint density at radius 1 is 1.42 bits per heavy atom. The van der Waals surface area contributed by atoms with Gasteiger partial charge in [0.25, 0.3) is 5.92 Å². The van der Waals surface area contributed by atoms with Crippen LogP contribution in [0.5, 0.6) is 0 Å². The lowest BCUT2D eigenvalue weighted by atomic mass is 9.77. The summed E-state index contributed by atoms with van der Waals surface area (Å²) in [6, 6.07) is 0. The van der Waals surface area contributed by atoms with Crippen LogP contribution in [-0.4, -0.2) is 17.1 Å². The zero-order valence-corrected chi connectivity index (χ0v) is 7.56. The van der Waals surface area contributed by atoms with Crippen molar-refractivity contribution in [3.63, 3.8) is 0 Å². The molecule has 1 rings (SSSR count). The second kappa shape index (κ2) is 3.29. The maximum absolute atomic E-state index is 13.0. The van der Waals surface area contributed by atoms with E-state index in [1.54, 1.807) is 0 Å². The van der Waals surface area contributed by atoms with Gasteiger partial charge in [0.15, 0.2) is 0 Å². The molecule has 1 aliphatic rings. The Labute approximate surface area is 71.8 Å². The topological polar surface area (TPSA) is 20.2 Å². The number of alkyl halides is 2. The van der Waals surface area contributed by atoms with Crippen LogP contribution < -0.4 is 0 Å². The molecule has 0 bridgehead atoms. The van der Waals surface area contributed by atoms with Gasteiger partial charge < -0.3 is 5.11 Å². The summed E-state index contributed by atoms with van der Waals surface area (Å²) in [5.74, 6) is -2.94. The average molecular weight is 178 g/mol. The number of hydrogen-bond donors (Lipinski definition) is 1. The molecule has 72 valence electrons. The summed E-state index contributed by atoms with van der Waals surface area (Å²) in [4.78, 5) is 0. The van der Waals surface area contributed by atoms with Crippen LogP contribution in [0, 0.1) is 11.8 Å². The predicted octanol–water partition coefficient (Wildman–Crippen LogP) is 2.44. The molecule has 12 heavy (non-hydrogen) atoms. The summed E-state index contributed by atoms with van der Waals surface area (Å²) in [5, 5.41) is 9.32. The predicted molar refractivity (Wildman–Crippen MR) is 43.1 cm³/mol. The molecule has 0 aliphatic heterocycles. The van der Waals surface area contributed by atoms with Crippen LogP contribution in [-0.2, 0) is 0 Å². The molecule has 0 saturated heterocycles. The fraction of sp³-hybridized carbons (Fsp3) is 1.00. The van der Waals surface area contributed by atoms with Crippen molar-refractivity contribution in [2.45, 2.75) is 45.1 Å². The molecule has 1 fully saturated rings. The molecule has 1 aliphatic carbocycles. The van der Waals surface area contributed by atoms with E-state index in [0.717, 1.165) is 6.42 Å². The van der Waals surface area contributed by atoms with Crippen molar-refractivity contribution in [3.05, 3.63) is 0 Å². The monoisotopic (exact) mass is 178 g/mol. The Hall–Kier alpha value is -0.180. The number of rotatable bonds is 1. The smallest absolute Gasteiger partial charge is 0.273 e. The molecule has 0 aromatic heterocycles. The second-order valence-electron chi connectivity index (χ2n) is 4.01. The quantitative estimate of drug-likeness (QED) is 0.653. The number of aliphatic hydroxyl groups excluding tert-OH is 1. The summed E-state index contributed by atoms with van der Waals surface area (Å²) < 4.78 is 25.9.